The molecule has 4 rings (SSSR count). The summed E-state index contributed by atoms with van der Waals surface area (Å²) in [7, 11) is -1.72. The molecule has 7 nitrogen and oxygen atoms in total. The van der Waals surface area contributed by atoms with E-state index in [1.54, 1.807) is 67.9 Å². The number of nitrogens with one attached hydrogen (secondary N) is 1. The summed E-state index contributed by atoms with van der Waals surface area (Å²) in [5, 5.41) is 3.36. The number of carbonyl (C=O) groups excluding carboxylic acids is 1. The first-order chi connectivity index (χ1) is 15.4. The van der Waals surface area contributed by atoms with Gasteiger partial charge in [0.15, 0.2) is 0 Å². The van der Waals surface area contributed by atoms with E-state index in [0.717, 1.165) is 6.42 Å². The van der Waals surface area contributed by atoms with Crippen LogP contribution in [0.2, 0.25) is 5.02 Å². The molecule has 1 amide bonds. The highest BCUT2D eigenvalue weighted by Gasteiger charge is 2.26. The van der Waals surface area contributed by atoms with Crippen LogP contribution in [0.25, 0.3) is 11.3 Å². The van der Waals surface area contributed by atoms with Gasteiger partial charge in [0.2, 0.25) is 10.0 Å². The third kappa shape index (κ3) is 4.71. The molecule has 1 saturated heterocycles. The van der Waals surface area contributed by atoms with Crippen LogP contribution in [0.3, 0.4) is 0 Å². The van der Waals surface area contributed by atoms with Crippen molar-refractivity contribution in [3.05, 3.63) is 71.4 Å². The first-order valence-corrected chi connectivity index (χ1v) is 12.1. The number of hydrogen-bond acceptors (Lipinski definition) is 5. The van der Waals surface area contributed by atoms with E-state index in [1.165, 1.54) is 4.31 Å². The van der Waals surface area contributed by atoms with Crippen molar-refractivity contribution in [2.24, 2.45) is 0 Å². The van der Waals surface area contributed by atoms with E-state index in [4.69, 9.17) is 16.3 Å². The highest BCUT2D eigenvalue weighted by atomic mass is 35.5. The lowest BCUT2D eigenvalue weighted by atomic mass is 10.1. The van der Waals surface area contributed by atoms with E-state index in [9.17, 15) is 13.2 Å². The van der Waals surface area contributed by atoms with E-state index in [2.05, 4.69) is 10.3 Å². The number of halogens is 1. The summed E-state index contributed by atoms with van der Waals surface area (Å²) in [6.45, 7) is 0.459. The summed E-state index contributed by atoms with van der Waals surface area (Å²) in [5.74, 6) is 0.473. The molecule has 0 spiro atoms. The molecule has 0 unspecified atom stereocenters. The van der Waals surface area contributed by atoms with E-state index in [1.807, 2.05) is 0 Å². The van der Waals surface area contributed by atoms with Crippen molar-refractivity contribution in [2.45, 2.75) is 12.8 Å². The van der Waals surface area contributed by atoms with Gasteiger partial charge in [-0.1, -0.05) is 11.6 Å². The smallest absolute Gasteiger partial charge is 0.255 e. The molecule has 0 aliphatic carbocycles. The number of carbonyl (C=O) groups is 1. The van der Waals surface area contributed by atoms with Crippen molar-refractivity contribution >= 4 is 38.9 Å². The number of amides is 1. The molecule has 32 heavy (non-hydrogen) atoms. The molecule has 1 aliphatic heterocycles. The predicted molar refractivity (Wildman–Crippen MR) is 126 cm³/mol. The van der Waals surface area contributed by atoms with Gasteiger partial charge in [0.05, 0.1) is 35.5 Å². The molecular weight excluding hydrogens is 450 g/mol. The number of hydrogen-bond donors (Lipinski definition) is 1. The molecule has 1 fully saturated rings. The summed E-state index contributed by atoms with van der Waals surface area (Å²) >= 11 is 6.33. The number of pyridine rings is 1. The second-order valence-electron chi connectivity index (χ2n) is 7.37. The molecule has 0 radical (unpaired) electrons. The van der Waals surface area contributed by atoms with E-state index < -0.39 is 10.0 Å². The van der Waals surface area contributed by atoms with Crippen LogP contribution in [-0.2, 0) is 10.0 Å². The molecule has 1 N–H and O–H groups in total. The molecule has 0 atom stereocenters. The predicted octanol–water partition coefficient (Wildman–Crippen LogP) is 4.59. The zero-order valence-corrected chi connectivity index (χ0v) is 19.0. The topological polar surface area (TPSA) is 88.6 Å². The normalized spacial score (nSPS) is 15.2. The Morgan fingerprint density at radius 1 is 1.09 bits per heavy atom. The van der Waals surface area contributed by atoms with Gasteiger partial charge in [0.25, 0.3) is 5.91 Å². The molecule has 166 valence electrons. The van der Waals surface area contributed by atoms with E-state index >= 15 is 0 Å². The van der Waals surface area contributed by atoms with Gasteiger partial charge in [0.1, 0.15) is 5.75 Å². The van der Waals surface area contributed by atoms with Crippen LogP contribution in [0.5, 0.6) is 5.75 Å². The highest BCUT2D eigenvalue weighted by Crippen LogP contribution is 2.30. The summed E-state index contributed by atoms with van der Waals surface area (Å²) in [6, 6.07) is 15.3. The maximum Gasteiger partial charge on any atom is 0.255 e. The maximum atomic E-state index is 12.7. The zero-order valence-electron chi connectivity index (χ0n) is 17.4. The molecule has 1 aromatic heterocycles. The Kier molecular flexibility index (Phi) is 6.34. The minimum absolute atomic E-state index is 0.150. The van der Waals surface area contributed by atoms with Crippen molar-refractivity contribution in [2.75, 3.05) is 29.0 Å². The second-order valence-corrected chi connectivity index (χ2v) is 9.79. The Balaban J connectivity index is 1.51. The van der Waals surface area contributed by atoms with Crippen LogP contribution < -0.4 is 14.4 Å². The molecule has 1 aliphatic rings. The standard InChI is InChI=1S/C23H22ClN3O4S/c1-31-19-9-11-22(25-15-19)20-14-17(6-10-21(20)24)26-23(28)16-4-7-18(8-5-16)27-12-2-3-13-32(27,29)30/h4-11,14-15H,2-3,12-13H2,1H3,(H,26,28). The van der Waals surface area contributed by atoms with E-state index in [0.29, 0.717) is 51.9 Å². The van der Waals surface area contributed by atoms with Crippen molar-refractivity contribution in [1.29, 1.82) is 0 Å². The molecule has 2 aromatic carbocycles. The third-order valence-corrected chi connectivity index (χ3v) is 7.44. The number of rotatable bonds is 5. The van der Waals surface area contributed by atoms with Crippen molar-refractivity contribution in [3.8, 4) is 17.0 Å². The first kappa shape index (κ1) is 22.1. The van der Waals surface area contributed by atoms with E-state index in [-0.39, 0.29) is 11.7 Å². The SMILES string of the molecule is COc1ccc(-c2cc(NC(=O)c3ccc(N4CCCCS4(=O)=O)cc3)ccc2Cl)nc1. The minimum Gasteiger partial charge on any atom is -0.495 e. The van der Waals surface area contributed by atoms with Gasteiger partial charge < -0.3 is 10.1 Å². The molecule has 0 bridgehead atoms. The number of nitrogens with zero attached hydrogens (tertiary/aromatic N) is 2. The Hall–Kier alpha value is -3.10. The zero-order chi connectivity index (χ0) is 22.7. The van der Waals surface area contributed by atoms with Gasteiger partial charge in [0, 0.05) is 23.4 Å². The number of anilines is 2. The van der Waals surface area contributed by atoms with Gasteiger partial charge in [-0.25, -0.2) is 8.42 Å². The number of ether oxygens (including phenoxy) is 1. The summed E-state index contributed by atoms with van der Waals surface area (Å²) < 4.78 is 31.1. The minimum atomic E-state index is -3.29. The first-order valence-electron chi connectivity index (χ1n) is 10.1. The lowest BCUT2D eigenvalue weighted by Gasteiger charge is -2.28. The molecule has 2 heterocycles. The quantitative estimate of drug-likeness (QED) is 0.587. The molecule has 3 aromatic rings. The lowest BCUT2D eigenvalue weighted by Crippen LogP contribution is -2.37. The summed E-state index contributed by atoms with van der Waals surface area (Å²) in [5.41, 5.74) is 2.88. The van der Waals surface area contributed by atoms with Crippen LogP contribution >= 0.6 is 11.6 Å². The van der Waals surface area contributed by atoms with Gasteiger partial charge in [-0.3, -0.25) is 14.1 Å². The fourth-order valence-corrected chi connectivity index (χ4v) is 5.37. The van der Waals surface area contributed by atoms with Gasteiger partial charge in [-0.2, -0.15) is 0 Å². The fraction of sp³-hybridized carbons (Fsp3) is 0.217. The van der Waals surface area contributed by atoms with Gasteiger partial charge in [-0.05, 0) is 67.4 Å². The third-order valence-electron chi connectivity index (χ3n) is 5.24. The largest absolute Gasteiger partial charge is 0.495 e. The second kappa shape index (κ2) is 9.18. The van der Waals surface area contributed by atoms with Crippen molar-refractivity contribution < 1.29 is 17.9 Å². The monoisotopic (exact) mass is 471 g/mol. The van der Waals surface area contributed by atoms with Crippen LogP contribution in [0, 0.1) is 0 Å². The summed E-state index contributed by atoms with van der Waals surface area (Å²) in [4.78, 5) is 17.1. The Morgan fingerprint density at radius 3 is 2.53 bits per heavy atom. The number of methoxy groups -OCH3 is 1. The molecule has 0 saturated carbocycles. The van der Waals surface area contributed by atoms with Gasteiger partial charge >= 0.3 is 0 Å². The van der Waals surface area contributed by atoms with Crippen molar-refractivity contribution in [1.82, 2.24) is 4.98 Å². The number of aromatic nitrogens is 1. The fourth-order valence-electron chi connectivity index (χ4n) is 3.52. The van der Waals surface area contributed by atoms with Crippen LogP contribution in [0.1, 0.15) is 23.2 Å². The Morgan fingerprint density at radius 2 is 1.88 bits per heavy atom. The average molecular weight is 472 g/mol. The van der Waals surface area contributed by atoms with Gasteiger partial charge in [-0.15, -0.1) is 0 Å². The molecular formula is C23H22ClN3O4S. The summed E-state index contributed by atoms with van der Waals surface area (Å²) in [6.07, 6.45) is 3.10. The highest BCUT2D eigenvalue weighted by molar-refractivity contribution is 7.92. The van der Waals surface area contributed by atoms with Crippen LogP contribution in [-0.4, -0.2) is 38.7 Å². The number of sulfonamides is 1. The van der Waals surface area contributed by atoms with Crippen LogP contribution in [0.4, 0.5) is 11.4 Å². The average Bonchev–Trinajstić information content (AvgIpc) is 2.80. The van der Waals surface area contributed by atoms with Crippen LogP contribution in [0.15, 0.2) is 60.8 Å². The Labute approximate surface area is 192 Å². The number of benzene rings is 2. The lowest BCUT2D eigenvalue weighted by molar-refractivity contribution is 0.102. The maximum absolute atomic E-state index is 12.7. The molecule has 9 heteroatoms. The Bertz CT molecular complexity index is 1230. The van der Waals surface area contributed by atoms with Crippen molar-refractivity contribution in [3.63, 3.8) is 0 Å².